The fourth-order valence-corrected chi connectivity index (χ4v) is 3.23. The predicted octanol–water partition coefficient (Wildman–Crippen LogP) is 3.84. The molecule has 0 saturated heterocycles. The second kappa shape index (κ2) is 4.66. The number of thiazole rings is 1. The third-order valence-corrected chi connectivity index (χ3v) is 4.36. The molecule has 0 spiro atoms. The van der Waals surface area contributed by atoms with Gasteiger partial charge in [-0.2, -0.15) is 5.10 Å². The van der Waals surface area contributed by atoms with Crippen LogP contribution in [0.25, 0.3) is 22.4 Å². The van der Waals surface area contributed by atoms with Crippen LogP contribution in [0.2, 0.25) is 0 Å². The van der Waals surface area contributed by atoms with Gasteiger partial charge in [0.2, 0.25) is 0 Å². The van der Waals surface area contributed by atoms with E-state index < -0.39 is 0 Å². The van der Waals surface area contributed by atoms with E-state index in [1.807, 2.05) is 11.7 Å². The maximum Gasteiger partial charge on any atom is 0.109 e. The van der Waals surface area contributed by atoms with E-state index in [0.717, 1.165) is 29.9 Å². The minimum absolute atomic E-state index is 0.685. The standard InChI is InChI=1S/C15H16N4S/c1-2-5-19-15-11(10-3-4-10)6-12(14-8-20-9-16-14)18-13(15)7-17-19/h6-10H,2-5H2,1H3. The van der Waals surface area contributed by atoms with Crippen LogP contribution >= 0.6 is 11.3 Å². The zero-order valence-corrected chi connectivity index (χ0v) is 12.2. The van der Waals surface area contributed by atoms with Crippen molar-refractivity contribution in [1.82, 2.24) is 19.7 Å². The Balaban J connectivity index is 1.93. The van der Waals surface area contributed by atoms with Crippen LogP contribution in [0.3, 0.4) is 0 Å². The molecule has 20 heavy (non-hydrogen) atoms. The van der Waals surface area contributed by atoms with Gasteiger partial charge in [-0.15, -0.1) is 11.3 Å². The largest absolute Gasteiger partial charge is 0.263 e. The molecule has 0 unspecified atom stereocenters. The number of hydrogen-bond acceptors (Lipinski definition) is 4. The molecule has 0 N–H and O–H groups in total. The van der Waals surface area contributed by atoms with E-state index in [0.29, 0.717) is 5.92 Å². The second-order valence-electron chi connectivity index (χ2n) is 5.35. The number of rotatable bonds is 4. The Hall–Kier alpha value is -1.75. The Morgan fingerprint density at radius 1 is 1.35 bits per heavy atom. The normalized spacial score (nSPS) is 15.1. The number of pyridine rings is 1. The second-order valence-corrected chi connectivity index (χ2v) is 6.06. The van der Waals surface area contributed by atoms with E-state index >= 15 is 0 Å². The van der Waals surface area contributed by atoms with Crippen LogP contribution < -0.4 is 0 Å². The van der Waals surface area contributed by atoms with Crippen molar-refractivity contribution in [3.63, 3.8) is 0 Å². The van der Waals surface area contributed by atoms with Gasteiger partial charge in [-0.25, -0.2) is 9.97 Å². The van der Waals surface area contributed by atoms with E-state index in [1.165, 1.54) is 23.9 Å². The smallest absolute Gasteiger partial charge is 0.109 e. The summed E-state index contributed by atoms with van der Waals surface area (Å²) in [6.45, 7) is 3.14. The minimum Gasteiger partial charge on any atom is -0.263 e. The summed E-state index contributed by atoms with van der Waals surface area (Å²) in [6, 6.07) is 2.23. The van der Waals surface area contributed by atoms with Crippen molar-refractivity contribution < 1.29 is 0 Å². The molecule has 1 aliphatic carbocycles. The van der Waals surface area contributed by atoms with Crippen molar-refractivity contribution in [3.05, 3.63) is 28.7 Å². The molecule has 4 rings (SSSR count). The Morgan fingerprint density at radius 3 is 2.95 bits per heavy atom. The molecule has 3 aromatic heterocycles. The van der Waals surface area contributed by atoms with Crippen LogP contribution in [0.1, 0.15) is 37.7 Å². The van der Waals surface area contributed by atoms with E-state index in [9.17, 15) is 0 Å². The van der Waals surface area contributed by atoms with Gasteiger partial charge in [0.05, 0.1) is 28.6 Å². The highest BCUT2D eigenvalue weighted by molar-refractivity contribution is 7.07. The summed E-state index contributed by atoms with van der Waals surface area (Å²) in [4.78, 5) is 9.14. The lowest BCUT2D eigenvalue weighted by atomic mass is 10.1. The molecule has 0 atom stereocenters. The molecular weight excluding hydrogens is 268 g/mol. The van der Waals surface area contributed by atoms with Crippen LogP contribution in [0, 0.1) is 0 Å². The summed E-state index contributed by atoms with van der Waals surface area (Å²) in [5.41, 5.74) is 7.46. The first-order valence-electron chi connectivity index (χ1n) is 7.12. The summed E-state index contributed by atoms with van der Waals surface area (Å²) in [5.74, 6) is 0.685. The number of hydrogen-bond donors (Lipinski definition) is 0. The van der Waals surface area contributed by atoms with Gasteiger partial charge in [-0.05, 0) is 36.8 Å². The average molecular weight is 284 g/mol. The Kier molecular flexibility index (Phi) is 2.80. The van der Waals surface area contributed by atoms with Gasteiger partial charge in [0, 0.05) is 11.9 Å². The zero-order valence-electron chi connectivity index (χ0n) is 11.4. The lowest BCUT2D eigenvalue weighted by Gasteiger charge is -2.08. The molecule has 5 heteroatoms. The van der Waals surface area contributed by atoms with E-state index in [-0.39, 0.29) is 0 Å². The highest BCUT2D eigenvalue weighted by Gasteiger charge is 2.28. The third kappa shape index (κ3) is 1.93. The molecule has 3 aromatic rings. The fraction of sp³-hybridized carbons (Fsp3) is 0.400. The Morgan fingerprint density at radius 2 is 2.25 bits per heavy atom. The van der Waals surface area contributed by atoms with Crippen LogP contribution in [0.4, 0.5) is 0 Å². The van der Waals surface area contributed by atoms with Crippen LogP contribution in [0.5, 0.6) is 0 Å². The Labute approximate surface area is 121 Å². The quantitative estimate of drug-likeness (QED) is 0.731. The van der Waals surface area contributed by atoms with Crippen LogP contribution in [0.15, 0.2) is 23.2 Å². The number of nitrogens with zero attached hydrogens (tertiary/aromatic N) is 4. The minimum atomic E-state index is 0.685. The molecule has 4 nitrogen and oxygen atoms in total. The predicted molar refractivity (Wildman–Crippen MR) is 80.9 cm³/mol. The monoisotopic (exact) mass is 284 g/mol. The summed E-state index contributed by atoms with van der Waals surface area (Å²) in [5, 5.41) is 6.57. The maximum absolute atomic E-state index is 4.75. The molecule has 102 valence electrons. The highest BCUT2D eigenvalue weighted by Crippen LogP contribution is 2.44. The van der Waals surface area contributed by atoms with E-state index in [1.54, 1.807) is 11.3 Å². The van der Waals surface area contributed by atoms with Gasteiger partial charge in [-0.1, -0.05) is 6.92 Å². The van der Waals surface area contributed by atoms with Gasteiger partial charge in [0.25, 0.3) is 0 Å². The van der Waals surface area contributed by atoms with Crippen molar-refractivity contribution in [2.75, 3.05) is 0 Å². The maximum atomic E-state index is 4.75. The van der Waals surface area contributed by atoms with Crippen molar-refractivity contribution in [3.8, 4) is 11.4 Å². The molecule has 1 saturated carbocycles. The van der Waals surface area contributed by atoms with Crippen molar-refractivity contribution >= 4 is 22.4 Å². The van der Waals surface area contributed by atoms with Gasteiger partial charge in [0.1, 0.15) is 5.52 Å². The van der Waals surface area contributed by atoms with E-state index in [4.69, 9.17) is 4.98 Å². The van der Waals surface area contributed by atoms with Crippen molar-refractivity contribution in [2.45, 2.75) is 38.6 Å². The molecule has 1 fully saturated rings. The Bertz CT molecular complexity index is 741. The molecule has 3 heterocycles. The topological polar surface area (TPSA) is 43.6 Å². The van der Waals surface area contributed by atoms with Gasteiger partial charge < -0.3 is 0 Å². The number of aryl methyl sites for hydroxylation is 1. The SMILES string of the molecule is CCCn1ncc2nc(-c3cscn3)cc(C3CC3)c21. The summed E-state index contributed by atoms with van der Waals surface area (Å²) < 4.78 is 2.11. The molecule has 1 aliphatic rings. The van der Waals surface area contributed by atoms with Crippen molar-refractivity contribution in [1.29, 1.82) is 0 Å². The summed E-state index contributed by atoms with van der Waals surface area (Å²) in [6.07, 6.45) is 5.56. The first-order chi connectivity index (χ1) is 9.86. The lowest BCUT2D eigenvalue weighted by Crippen LogP contribution is -2.01. The lowest BCUT2D eigenvalue weighted by molar-refractivity contribution is 0.620. The third-order valence-electron chi connectivity index (χ3n) is 3.77. The van der Waals surface area contributed by atoms with Crippen LogP contribution in [-0.4, -0.2) is 19.7 Å². The molecule has 0 aromatic carbocycles. The molecule has 0 bridgehead atoms. The summed E-state index contributed by atoms with van der Waals surface area (Å²) in [7, 11) is 0. The highest BCUT2D eigenvalue weighted by atomic mass is 32.1. The summed E-state index contributed by atoms with van der Waals surface area (Å²) >= 11 is 1.61. The molecule has 0 amide bonds. The fourth-order valence-electron chi connectivity index (χ4n) is 2.69. The number of aromatic nitrogens is 4. The average Bonchev–Trinajstić information content (AvgIpc) is 3.00. The van der Waals surface area contributed by atoms with Gasteiger partial charge in [-0.3, -0.25) is 4.68 Å². The van der Waals surface area contributed by atoms with E-state index in [2.05, 4.69) is 33.1 Å². The van der Waals surface area contributed by atoms with Crippen LogP contribution in [-0.2, 0) is 6.54 Å². The first kappa shape index (κ1) is 12.0. The van der Waals surface area contributed by atoms with Gasteiger partial charge >= 0.3 is 0 Å². The first-order valence-corrected chi connectivity index (χ1v) is 8.06. The van der Waals surface area contributed by atoms with Crippen molar-refractivity contribution in [2.24, 2.45) is 0 Å². The molecular formula is C15H16N4S. The molecule has 0 radical (unpaired) electrons. The van der Waals surface area contributed by atoms with Gasteiger partial charge in [0.15, 0.2) is 0 Å². The number of fused-ring (bicyclic) bond motifs is 1. The molecule has 0 aliphatic heterocycles. The zero-order chi connectivity index (χ0) is 13.5.